The Labute approximate surface area is 160 Å². The minimum atomic E-state index is 0.594. The van der Waals surface area contributed by atoms with Crippen LogP contribution in [0.4, 0.5) is 0 Å². The summed E-state index contributed by atoms with van der Waals surface area (Å²) in [5.41, 5.74) is 7.92. The first kappa shape index (κ1) is 16.1. The molecule has 0 nitrogen and oxygen atoms in total. The topological polar surface area (TPSA) is 0 Å². The maximum Gasteiger partial charge on any atom is 0.0406 e. The van der Waals surface area contributed by atoms with E-state index in [1.54, 1.807) is 22.3 Å². The van der Waals surface area contributed by atoms with Crippen molar-refractivity contribution in [2.45, 2.75) is 38.5 Å². The van der Waals surface area contributed by atoms with Crippen molar-refractivity contribution in [2.24, 2.45) is 5.92 Å². The van der Waals surface area contributed by atoms with Gasteiger partial charge in [0.2, 0.25) is 0 Å². The number of allylic oxidation sites excluding steroid dienone is 4. The van der Waals surface area contributed by atoms with Crippen LogP contribution in [-0.2, 0) is 6.42 Å². The molecule has 5 rings (SSSR count). The molecule has 1 atom stereocenters. The van der Waals surface area contributed by atoms with Gasteiger partial charge in [-0.25, -0.2) is 0 Å². The van der Waals surface area contributed by atoms with Gasteiger partial charge in [-0.05, 0) is 94.9 Å². The van der Waals surface area contributed by atoms with E-state index in [0.717, 1.165) is 24.3 Å². The molecule has 0 aliphatic heterocycles. The SMILES string of the molecule is Clc1ccc(CC2CC3=c4ccccc4=CCC3=C3CCCC=C32)cc1. The molecule has 0 radical (unpaired) electrons. The molecular weight excluding hydrogens is 336 g/mol. The lowest BCUT2D eigenvalue weighted by Crippen LogP contribution is -2.33. The van der Waals surface area contributed by atoms with Gasteiger partial charge in [-0.1, -0.05) is 60.2 Å². The van der Waals surface area contributed by atoms with Gasteiger partial charge in [-0.2, -0.15) is 0 Å². The molecule has 130 valence electrons. The molecule has 0 N–H and O–H groups in total. The molecular formula is C25H23Cl. The maximum atomic E-state index is 6.09. The first-order valence-electron chi connectivity index (χ1n) is 9.75. The Kier molecular flexibility index (Phi) is 4.10. The molecule has 3 aliphatic rings. The minimum Gasteiger partial charge on any atom is -0.0843 e. The highest BCUT2D eigenvalue weighted by Gasteiger charge is 2.31. The van der Waals surface area contributed by atoms with Crippen LogP contribution in [0.1, 0.15) is 37.7 Å². The highest BCUT2D eigenvalue weighted by Crippen LogP contribution is 2.45. The molecule has 0 saturated heterocycles. The molecule has 2 aromatic carbocycles. The molecule has 0 aromatic heterocycles. The second-order valence-electron chi connectivity index (χ2n) is 7.71. The van der Waals surface area contributed by atoms with E-state index in [4.69, 9.17) is 11.6 Å². The van der Waals surface area contributed by atoms with Gasteiger partial charge >= 0.3 is 0 Å². The van der Waals surface area contributed by atoms with Crippen molar-refractivity contribution in [1.82, 2.24) is 0 Å². The van der Waals surface area contributed by atoms with E-state index < -0.39 is 0 Å². The molecule has 0 saturated carbocycles. The first-order valence-corrected chi connectivity index (χ1v) is 10.1. The third-order valence-electron chi connectivity index (χ3n) is 6.17. The minimum absolute atomic E-state index is 0.594. The molecule has 1 unspecified atom stereocenters. The quantitative estimate of drug-likeness (QED) is 0.679. The fourth-order valence-corrected chi connectivity index (χ4v) is 5.10. The van der Waals surface area contributed by atoms with Crippen LogP contribution in [-0.4, -0.2) is 0 Å². The lowest BCUT2D eigenvalue weighted by Gasteiger charge is -2.36. The third kappa shape index (κ3) is 2.77. The van der Waals surface area contributed by atoms with Gasteiger partial charge < -0.3 is 0 Å². The van der Waals surface area contributed by atoms with Crippen molar-refractivity contribution in [2.75, 3.05) is 0 Å². The fraction of sp³-hybridized carbons (Fsp3) is 0.280. The van der Waals surface area contributed by atoms with Gasteiger partial charge in [0.1, 0.15) is 0 Å². The monoisotopic (exact) mass is 358 g/mol. The van der Waals surface area contributed by atoms with E-state index in [1.165, 1.54) is 35.3 Å². The van der Waals surface area contributed by atoms with Gasteiger partial charge in [0.15, 0.2) is 0 Å². The van der Waals surface area contributed by atoms with Crippen LogP contribution in [0.3, 0.4) is 0 Å². The highest BCUT2D eigenvalue weighted by molar-refractivity contribution is 6.30. The average molecular weight is 359 g/mol. The summed E-state index contributed by atoms with van der Waals surface area (Å²) in [6.07, 6.45) is 12.1. The van der Waals surface area contributed by atoms with Gasteiger partial charge in [-0.15, -0.1) is 0 Å². The van der Waals surface area contributed by atoms with Crippen molar-refractivity contribution in [3.05, 3.63) is 92.3 Å². The van der Waals surface area contributed by atoms with E-state index in [1.807, 2.05) is 12.1 Å². The summed E-state index contributed by atoms with van der Waals surface area (Å²) in [4.78, 5) is 0. The number of benzene rings is 2. The summed E-state index contributed by atoms with van der Waals surface area (Å²) in [5, 5.41) is 3.70. The normalized spacial score (nSPS) is 21.3. The van der Waals surface area contributed by atoms with Crippen molar-refractivity contribution in [1.29, 1.82) is 0 Å². The van der Waals surface area contributed by atoms with Crippen LogP contribution in [0.15, 0.2) is 71.3 Å². The van der Waals surface area contributed by atoms with Gasteiger partial charge in [-0.3, -0.25) is 0 Å². The predicted octanol–water partition coefficient (Wildman–Crippen LogP) is 5.34. The molecule has 0 heterocycles. The standard InChI is InChI=1S/C25H23Cl/c26-20-12-9-17(10-13-20)15-19-16-25-21-6-2-1-5-18(21)11-14-24(25)23-8-4-3-7-22(19)23/h1-2,5-7,9-13,19H,3-4,8,14-16H2. The third-order valence-corrected chi connectivity index (χ3v) is 6.42. The van der Waals surface area contributed by atoms with Crippen LogP contribution in [0.2, 0.25) is 5.02 Å². The lowest BCUT2D eigenvalue weighted by molar-refractivity contribution is 0.587. The molecule has 0 fully saturated rings. The number of rotatable bonds is 2. The summed E-state index contributed by atoms with van der Waals surface area (Å²) < 4.78 is 0. The molecule has 0 bridgehead atoms. The summed E-state index contributed by atoms with van der Waals surface area (Å²) in [7, 11) is 0. The fourth-order valence-electron chi connectivity index (χ4n) is 4.97. The Morgan fingerprint density at radius 1 is 0.885 bits per heavy atom. The van der Waals surface area contributed by atoms with Crippen LogP contribution in [0, 0.1) is 5.92 Å². The largest absolute Gasteiger partial charge is 0.0843 e. The highest BCUT2D eigenvalue weighted by atomic mass is 35.5. The predicted molar refractivity (Wildman–Crippen MR) is 110 cm³/mol. The molecule has 3 aliphatic carbocycles. The smallest absolute Gasteiger partial charge is 0.0406 e. The first-order chi connectivity index (χ1) is 12.8. The Hall–Kier alpha value is -2.05. The van der Waals surface area contributed by atoms with Crippen LogP contribution >= 0.6 is 11.6 Å². The molecule has 26 heavy (non-hydrogen) atoms. The van der Waals surface area contributed by atoms with Crippen LogP contribution in [0.5, 0.6) is 0 Å². The van der Waals surface area contributed by atoms with Gasteiger partial charge in [0.25, 0.3) is 0 Å². The van der Waals surface area contributed by atoms with Gasteiger partial charge in [0, 0.05) is 5.02 Å². The number of hydrogen-bond acceptors (Lipinski definition) is 0. The number of hydrogen-bond donors (Lipinski definition) is 0. The van der Waals surface area contributed by atoms with Crippen molar-refractivity contribution >= 4 is 23.3 Å². The van der Waals surface area contributed by atoms with Crippen LogP contribution < -0.4 is 10.4 Å². The van der Waals surface area contributed by atoms with Gasteiger partial charge in [0.05, 0.1) is 0 Å². The second-order valence-corrected chi connectivity index (χ2v) is 8.15. The van der Waals surface area contributed by atoms with Crippen molar-refractivity contribution in [3.8, 4) is 0 Å². The molecule has 0 spiro atoms. The van der Waals surface area contributed by atoms with E-state index in [2.05, 4.69) is 48.6 Å². The lowest BCUT2D eigenvalue weighted by atomic mass is 9.69. The van der Waals surface area contributed by atoms with E-state index in [0.29, 0.717) is 5.92 Å². The Morgan fingerprint density at radius 3 is 2.62 bits per heavy atom. The van der Waals surface area contributed by atoms with Crippen LogP contribution in [0.25, 0.3) is 11.6 Å². The Balaban J connectivity index is 1.63. The second kappa shape index (κ2) is 6.59. The summed E-state index contributed by atoms with van der Waals surface area (Å²) in [6, 6.07) is 17.4. The average Bonchev–Trinajstić information content (AvgIpc) is 2.70. The van der Waals surface area contributed by atoms with Crippen molar-refractivity contribution < 1.29 is 0 Å². The Morgan fingerprint density at radius 2 is 1.73 bits per heavy atom. The number of halogens is 1. The zero-order valence-electron chi connectivity index (χ0n) is 15.0. The van der Waals surface area contributed by atoms with E-state index in [9.17, 15) is 0 Å². The zero-order chi connectivity index (χ0) is 17.5. The molecule has 2 aromatic rings. The maximum absolute atomic E-state index is 6.09. The molecule has 0 amide bonds. The van der Waals surface area contributed by atoms with E-state index in [-0.39, 0.29) is 0 Å². The summed E-state index contributed by atoms with van der Waals surface area (Å²) >= 11 is 6.09. The number of fused-ring (bicyclic) bond motifs is 3. The summed E-state index contributed by atoms with van der Waals surface area (Å²) in [6.45, 7) is 0. The Bertz CT molecular complexity index is 1030. The van der Waals surface area contributed by atoms with E-state index >= 15 is 0 Å². The summed E-state index contributed by atoms with van der Waals surface area (Å²) in [5.74, 6) is 0.594. The molecule has 1 heteroatoms. The zero-order valence-corrected chi connectivity index (χ0v) is 15.7. The van der Waals surface area contributed by atoms with Crippen molar-refractivity contribution in [3.63, 3.8) is 0 Å².